The van der Waals surface area contributed by atoms with Gasteiger partial charge in [-0.25, -0.2) is 0 Å². The molecular formula is C8H16S2. The number of thiol groups is 1. The Morgan fingerprint density at radius 3 is 2.60 bits per heavy atom. The van der Waals surface area contributed by atoms with E-state index >= 15 is 0 Å². The van der Waals surface area contributed by atoms with Gasteiger partial charge in [0.25, 0.3) is 0 Å². The first-order chi connectivity index (χ1) is 4.77. The van der Waals surface area contributed by atoms with Crippen LogP contribution >= 0.6 is 24.4 Å². The number of rotatable bonds is 5. The Labute approximate surface area is 73.9 Å². The summed E-state index contributed by atoms with van der Waals surface area (Å²) in [4.78, 5) is 0. The summed E-state index contributed by atoms with van der Waals surface area (Å²) in [6.45, 7) is 4.49. The Bertz CT molecular complexity index is 87.3. The van der Waals surface area contributed by atoms with E-state index in [2.05, 4.69) is 38.6 Å². The second-order valence-corrected chi connectivity index (χ2v) is 4.03. The summed E-state index contributed by atoms with van der Waals surface area (Å²) in [5.74, 6) is 4.08. The normalized spacial score (nSPS) is 11.6. The van der Waals surface area contributed by atoms with Crippen LogP contribution in [0.1, 0.15) is 13.8 Å². The number of hydrogen-bond donors (Lipinski definition) is 1. The molecule has 0 rings (SSSR count). The van der Waals surface area contributed by atoms with Crippen molar-refractivity contribution in [2.75, 3.05) is 17.3 Å². The number of hydrogen-bond acceptors (Lipinski definition) is 2. The predicted octanol–water partition coefficient (Wildman–Crippen LogP) is 2.86. The lowest BCUT2D eigenvalue weighted by molar-refractivity contribution is 0.751. The van der Waals surface area contributed by atoms with Gasteiger partial charge in [0.1, 0.15) is 0 Å². The molecule has 10 heavy (non-hydrogen) atoms. The van der Waals surface area contributed by atoms with E-state index < -0.39 is 0 Å². The van der Waals surface area contributed by atoms with Crippen LogP contribution in [0, 0.1) is 5.92 Å². The van der Waals surface area contributed by atoms with Crippen LogP contribution in [0.5, 0.6) is 0 Å². The molecule has 0 aromatic heterocycles. The fourth-order valence-corrected chi connectivity index (χ4v) is 1.54. The van der Waals surface area contributed by atoms with Crippen molar-refractivity contribution in [1.29, 1.82) is 0 Å². The SMILES string of the molecule is CC(C)CSCC=CCS. The molecule has 0 nitrogen and oxygen atoms in total. The van der Waals surface area contributed by atoms with Crippen molar-refractivity contribution >= 4 is 24.4 Å². The fourth-order valence-electron chi connectivity index (χ4n) is 0.514. The van der Waals surface area contributed by atoms with E-state index in [1.807, 2.05) is 11.8 Å². The van der Waals surface area contributed by atoms with E-state index in [0.29, 0.717) is 0 Å². The van der Waals surface area contributed by atoms with Gasteiger partial charge in [0, 0.05) is 11.5 Å². The first kappa shape index (κ1) is 10.4. The highest BCUT2D eigenvalue weighted by Gasteiger charge is 1.90. The third-order valence-electron chi connectivity index (χ3n) is 0.937. The van der Waals surface area contributed by atoms with Crippen LogP contribution in [0.3, 0.4) is 0 Å². The van der Waals surface area contributed by atoms with Crippen LogP contribution in [-0.4, -0.2) is 17.3 Å². The molecule has 0 atom stereocenters. The lowest BCUT2D eigenvalue weighted by Gasteiger charge is -2.00. The zero-order chi connectivity index (χ0) is 7.82. The summed E-state index contributed by atoms with van der Waals surface area (Å²) in [6.07, 6.45) is 4.27. The van der Waals surface area contributed by atoms with E-state index in [-0.39, 0.29) is 0 Å². The molecule has 0 amide bonds. The third-order valence-corrected chi connectivity index (χ3v) is 2.48. The highest BCUT2D eigenvalue weighted by atomic mass is 32.2. The van der Waals surface area contributed by atoms with E-state index in [4.69, 9.17) is 0 Å². The van der Waals surface area contributed by atoms with Gasteiger partial charge in [0.15, 0.2) is 0 Å². The van der Waals surface area contributed by atoms with Gasteiger partial charge in [0.05, 0.1) is 0 Å². The first-order valence-electron chi connectivity index (χ1n) is 3.61. The minimum Gasteiger partial charge on any atom is -0.175 e. The monoisotopic (exact) mass is 176 g/mol. The second kappa shape index (κ2) is 7.55. The summed E-state index contributed by atoms with van der Waals surface area (Å²) in [6, 6.07) is 0. The molecule has 0 spiro atoms. The Balaban J connectivity index is 2.97. The van der Waals surface area contributed by atoms with E-state index in [0.717, 1.165) is 17.4 Å². The second-order valence-electron chi connectivity index (χ2n) is 2.59. The molecule has 0 N–H and O–H groups in total. The first-order valence-corrected chi connectivity index (χ1v) is 5.39. The van der Waals surface area contributed by atoms with Crippen LogP contribution in [0.2, 0.25) is 0 Å². The highest BCUT2D eigenvalue weighted by Crippen LogP contribution is 2.06. The predicted molar refractivity (Wildman–Crippen MR) is 55.2 cm³/mol. The van der Waals surface area contributed by atoms with Gasteiger partial charge < -0.3 is 0 Å². The van der Waals surface area contributed by atoms with Crippen molar-refractivity contribution in [3.63, 3.8) is 0 Å². The minimum atomic E-state index is 0.814. The molecule has 0 heterocycles. The molecule has 0 saturated heterocycles. The van der Waals surface area contributed by atoms with Crippen molar-refractivity contribution in [3.05, 3.63) is 12.2 Å². The zero-order valence-electron chi connectivity index (χ0n) is 6.71. The molecule has 0 unspecified atom stereocenters. The molecule has 0 aliphatic carbocycles. The van der Waals surface area contributed by atoms with Crippen molar-refractivity contribution < 1.29 is 0 Å². The Morgan fingerprint density at radius 1 is 1.40 bits per heavy atom. The van der Waals surface area contributed by atoms with Gasteiger partial charge in [-0.3, -0.25) is 0 Å². The molecule has 60 valence electrons. The van der Waals surface area contributed by atoms with Gasteiger partial charge in [0.2, 0.25) is 0 Å². The lowest BCUT2D eigenvalue weighted by Crippen LogP contribution is -1.90. The minimum absolute atomic E-state index is 0.814. The van der Waals surface area contributed by atoms with E-state index in [1.165, 1.54) is 5.75 Å². The standard InChI is InChI=1S/C8H16S2/c1-8(2)7-10-6-4-3-5-9/h3-4,8-9H,5-7H2,1-2H3. The maximum absolute atomic E-state index is 4.07. The maximum atomic E-state index is 4.07. The smallest absolute Gasteiger partial charge is 0.0113 e. The van der Waals surface area contributed by atoms with E-state index in [1.54, 1.807) is 0 Å². The molecule has 0 aliphatic heterocycles. The summed E-state index contributed by atoms with van der Waals surface area (Å²) in [5.41, 5.74) is 0. The Kier molecular flexibility index (Phi) is 7.88. The topological polar surface area (TPSA) is 0 Å². The number of thioether (sulfide) groups is 1. The average molecular weight is 176 g/mol. The summed E-state index contributed by atoms with van der Waals surface area (Å²) < 4.78 is 0. The highest BCUT2D eigenvalue weighted by molar-refractivity contribution is 7.99. The summed E-state index contributed by atoms with van der Waals surface area (Å²) in [5, 5.41) is 0. The fraction of sp³-hybridized carbons (Fsp3) is 0.750. The van der Waals surface area contributed by atoms with Crippen molar-refractivity contribution in [2.45, 2.75) is 13.8 Å². The molecule has 0 aromatic carbocycles. The molecule has 0 saturated carbocycles. The van der Waals surface area contributed by atoms with Gasteiger partial charge in [-0.05, 0) is 11.7 Å². The molecule has 2 heteroatoms. The van der Waals surface area contributed by atoms with Crippen LogP contribution < -0.4 is 0 Å². The van der Waals surface area contributed by atoms with Gasteiger partial charge in [-0.2, -0.15) is 24.4 Å². The van der Waals surface area contributed by atoms with E-state index in [9.17, 15) is 0 Å². The molecule has 0 radical (unpaired) electrons. The van der Waals surface area contributed by atoms with Gasteiger partial charge in [-0.15, -0.1) is 0 Å². The third kappa shape index (κ3) is 8.44. The lowest BCUT2D eigenvalue weighted by atomic mass is 10.3. The summed E-state index contributed by atoms with van der Waals surface area (Å²) >= 11 is 6.05. The van der Waals surface area contributed by atoms with Crippen molar-refractivity contribution in [1.82, 2.24) is 0 Å². The maximum Gasteiger partial charge on any atom is 0.0113 e. The van der Waals surface area contributed by atoms with Gasteiger partial charge >= 0.3 is 0 Å². The van der Waals surface area contributed by atoms with Crippen LogP contribution in [0.4, 0.5) is 0 Å². The van der Waals surface area contributed by atoms with Crippen LogP contribution in [0.15, 0.2) is 12.2 Å². The molecule has 0 bridgehead atoms. The largest absolute Gasteiger partial charge is 0.175 e. The quantitative estimate of drug-likeness (QED) is 0.382. The van der Waals surface area contributed by atoms with Gasteiger partial charge in [-0.1, -0.05) is 26.0 Å². The average Bonchev–Trinajstić information content (AvgIpc) is 1.87. The van der Waals surface area contributed by atoms with Crippen LogP contribution in [0.25, 0.3) is 0 Å². The molecule has 0 aromatic rings. The molecule has 0 aliphatic rings. The molecule has 0 fully saturated rings. The summed E-state index contributed by atoms with van der Waals surface area (Å²) in [7, 11) is 0. The Morgan fingerprint density at radius 2 is 2.10 bits per heavy atom. The molecular weight excluding hydrogens is 160 g/mol. The van der Waals surface area contributed by atoms with Crippen molar-refractivity contribution in [2.24, 2.45) is 5.92 Å². The Hall–Kier alpha value is 0.440. The van der Waals surface area contributed by atoms with Crippen molar-refractivity contribution in [3.8, 4) is 0 Å². The van der Waals surface area contributed by atoms with Crippen LogP contribution in [-0.2, 0) is 0 Å². The zero-order valence-corrected chi connectivity index (χ0v) is 8.42.